The summed E-state index contributed by atoms with van der Waals surface area (Å²) in [5.74, 6) is -0.864. The maximum atomic E-state index is 12.9. The van der Waals surface area contributed by atoms with Crippen molar-refractivity contribution in [3.63, 3.8) is 0 Å². The molecule has 6 nitrogen and oxygen atoms in total. The Morgan fingerprint density at radius 3 is 0.641 bits per heavy atom. The molecule has 0 aliphatic heterocycles. The van der Waals surface area contributed by atoms with Crippen LogP contribution in [0.25, 0.3) is 0 Å². The number of carbonyl (C=O) groups is 3. The van der Waals surface area contributed by atoms with Gasteiger partial charge in [0.15, 0.2) is 6.10 Å². The molecule has 0 aromatic heterocycles. The molecule has 1 atom stereocenters. The van der Waals surface area contributed by atoms with Gasteiger partial charge in [0.05, 0.1) is 0 Å². The summed E-state index contributed by atoms with van der Waals surface area (Å²) >= 11 is 0. The van der Waals surface area contributed by atoms with Gasteiger partial charge in [-0.2, -0.15) is 0 Å². The average Bonchev–Trinajstić information content (AvgIpc) is 3.44. The highest BCUT2D eigenvalue weighted by Gasteiger charge is 2.19. The van der Waals surface area contributed by atoms with Crippen molar-refractivity contribution >= 4 is 17.9 Å². The highest BCUT2D eigenvalue weighted by molar-refractivity contribution is 5.71. The average molecular weight is 1100 g/mol. The summed E-state index contributed by atoms with van der Waals surface area (Å²) < 4.78 is 16.9. The number of hydrogen-bond acceptors (Lipinski definition) is 6. The van der Waals surface area contributed by atoms with Crippen LogP contribution in [0.5, 0.6) is 0 Å². The van der Waals surface area contributed by atoms with Crippen molar-refractivity contribution in [3.05, 3.63) is 24.3 Å². The quantitative estimate of drug-likeness (QED) is 0.0261. The summed E-state index contributed by atoms with van der Waals surface area (Å²) in [5.41, 5.74) is 0. The van der Waals surface area contributed by atoms with Crippen LogP contribution < -0.4 is 0 Å². The van der Waals surface area contributed by atoms with Crippen molar-refractivity contribution in [2.24, 2.45) is 0 Å². The molecule has 0 heterocycles. The van der Waals surface area contributed by atoms with Gasteiger partial charge in [-0.05, 0) is 70.6 Å². The minimum atomic E-state index is -0.776. The zero-order valence-electron chi connectivity index (χ0n) is 53.0. The first-order valence-electron chi connectivity index (χ1n) is 35.3. The Morgan fingerprint density at radius 1 is 0.244 bits per heavy atom. The molecule has 0 aliphatic carbocycles. The second kappa shape index (κ2) is 67.4. The second-order valence-electron chi connectivity index (χ2n) is 24.1. The Labute approximate surface area is 487 Å². The molecule has 0 amide bonds. The van der Waals surface area contributed by atoms with Crippen LogP contribution in [-0.4, -0.2) is 37.2 Å². The molecular formula is C72H136O6. The number of unbranched alkanes of at least 4 members (excludes halogenated alkanes) is 51. The highest BCUT2D eigenvalue weighted by Crippen LogP contribution is 2.19. The fraction of sp³-hybridized carbons (Fsp3) is 0.903. The fourth-order valence-corrected chi connectivity index (χ4v) is 10.8. The van der Waals surface area contributed by atoms with Crippen LogP contribution in [0.3, 0.4) is 0 Å². The van der Waals surface area contributed by atoms with Gasteiger partial charge >= 0.3 is 17.9 Å². The third-order valence-corrected chi connectivity index (χ3v) is 16.2. The molecule has 0 N–H and O–H groups in total. The van der Waals surface area contributed by atoms with Crippen molar-refractivity contribution in [2.75, 3.05) is 13.2 Å². The molecule has 0 spiro atoms. The number of allylic oxidation sites excluding steroid dienone is 4. The molecular weight excluding hydrogens is 961 g/mol. The van der Waals surface area contributed by atoms with E-state index >= 15 is 0 Å². The van der Waals surface area contributed by atoms with Crippen LogP contribution in [0.1, 0.15) is 400 Å². The summed E-state index contributed by atoms with van der Waals surface area (Å²) in [4.78, 5) is 38.3. The monoisotopic (exact) mass is 1100 g/mol. The normalized spacial score (nSPS) is 12.1. The predicted molar refractivity (Wildman–Crippen MR) is 340 cm³/mol. The van der Waals surface area contributed by atoms with E-state index < -0.39 is 6.10 Å². The van der Waals surface area contributed by atoms with E-state index in [2.05, 4.69) is 45.1 Å². The van der Waals surface area contributed by atoms with Gasteiger partial charge in [-0.15, -0.1) is 0 Å². The summed E-state index contributed by atoms with van der Waals surface area (Å²) in [6.45, 7) is 6.68. The third-order valence-electron chi connectivity index (χ3n) is 16.2. The summed E-state index contributed by atoms with van der Waals surface area (Å²) in [7, 11) is 0. The minimum absolute atomic E-state index is 0.0724. The Bertz CT molecular complexity index is 1260. The third kappa shape index (κ3) is 64.7. The van der Waals surface area contributed by atoms with Crippen LogP contribution in [0.4, 0.5) is 0 Å². The predicted octanol–water partition coefficient (Wildman–Crippen LogP) is 24.2. The van der Waals surface area contributed by atoms with E-state index in [4.69, 9.17) is 14.2 Å². The van der Waals surface area contributed by atoms with Crippen molar-refractivity contribution in [1.29, 1.82) is 0 Å². The molecule has 460 valence electrons. The van der Waals surface area contributed by atoms with E-state index in [9.17, 15) is 14.4 Å². The molecule has 0 radical (unpaired) electrons. The molecule has 0 aliphatic rings. The van der Waals surface area contributed by atoms with Gasteiger partial charge in [0, 0.05) is 19.3 Å². The number of carbonyl (C=O) groups excluding carboxylic acids is 3. The first-order chi connectivity index (χ1) is 38.5. The summed E-state index contributed by atoms with van der Waals surface area (Å²) in [6.07, 6.45) is 82.3. The molecule has 0 aromatic carbocycles. The molecule has 0 rings (SSSR count). The molecule has 0 saturated heterocycles. The van der Waals surface area contributed by atoms with Gasteiger partial charge in [-0.3, -0.25) is 14.4 Å². The number of esters is 3. The molecule has 0 aromatic rings. The standard InChI is InChI=1S/C72H136O6/c1-4-7-10-13-16-19-22-25-28-29-30-31-32-33-34-35-36-37-38-39-40-41-42-43-44-45-48-50-53-56-59-62-65-71(74)77-68-69(78-72(75)66-63-60-57-54-51-47-27-24-21-18-15-12-9-6-3)67-76-70(73)64-61-58-55-52-49-46-26-23-20-17-14-11-8-5-2/h23-24,26-27,69H,4-22,25,28-68H2,1-3H3/b26-23-,27-24-. The minimum Gasteiger partial charge on any atom is -0.462 e. The maximum absolute atomic E-state index is 12.9. The second-order valence-corrected chi connectivity index (χ2v) is 24.1. The Kier molecular flexibility index (Phi) is 65.6. The van der Waals surface area contributed by atoms with Crippen LogP contribution in [-0.2, 0) is 28.6 Å². The van der Waals surface area contributed by atoms with E-state index in [1.165, 1.54) is 289 Å². The van der Waals surface area contributed by atoms with Gasteiger partial charge in [0.25, 0.3) is 0 Å². The Morgan fingerprint density at radius 2 is 0.423 bits per heavy atom. The summed E-state index contributed by atoms with van der Waals surface area (Å²) in [6, 6.07) is 0. The zero-order chi connectivity index (χ0) is 56.4. The highest BCUT2D eigenvalue weighted by atomic mass is 16.6. The number of ether oxygens (including phenoxy) is 3. The lowest BCUT2D eigenvalue weighted by Crippen LogP contribution is -2.30. The van der Waals surface area contributed by atoms with E-state index in [0.717, 1.165) is 70.6 Å². The molecule has 0 fully saturated rings. The number of rotatable bonds is 66. The molecule has 0 bridgehead atoms. The molecule has 78 heavy (non-hydrogen) atoms. The maximum Gasteiger partial charge on any atom is 0.306 e. The van der Waals surface area contributed by atoms with Gasteiger partial charge in [-0.25, -0.2) is 0 Å². The Hall–Kier alpha value is -2.11. The molecule has 0 saturated carbocycles. The van der Waals surface area contributed by atoms with Crippen molar-refractivity contribution in [1.82, 2.24) is 0 Å². The zero-order valence-corrected chi connectivity index (χ0v) is 53.0. The lowest BCUT2D eigenvalue weighted by atomic mass is 10.0. The van der Waals surface area contributed by atoms with Crippen molar-refractivity contribution < 1.29 is 28.6 Å². The molecule has 6 heteroatoms. The fourth-order valence-electron chi connectivity index (χ4n) is 10.8. The van der Waals surface area contributed by atoms with E-state index in [1.807, 2.05) is 0 Å². The van der Waals surface area contributed by atoms with E-state index in [1.54, 1.807) is 0 Å². The van der Waals surface area contributed by atoms with Gasteiger partial charge in [0.2, 0.25) is 0 Å². The van der Waals surface area contributed by atoms with Crippen molar-refractivity contribution in [3.8, 4) is 0 Å². The van der Waals surface area contributed by atoms with Crippen LogP contribution >= 0.6 is 0 Å². The van der Waals surface area contributed by atoms with Crippen LogP contribution in [0.2, 0.25) is 0 Å². The van der Waals surface area contributed by atoms with Gasteiger partial charge < -0.3 is 14.2 Å². The largest absolute Gasteiger partial charge is 0.462 e. The summed E-state index contributed by atoms with van der Waals surface area (Å²) in [5, 5.41) is 0. The number of hydrogen-bond donors (Lipinski definition) is 0. The first-order valence-corrected chi connectivity index (χ1v) is 35.3. The molecule has 1 unspecified atom stereocenters. The lowest BCUT2D eigenvalue weighted by molar-refractivity contribution is -0.167. The van der Waals surface area contributed by atoms with Gasteiger partial charge in [0.1, 0.15) is 13.2 Å². The van der Waals surface area contributed by atoms with Crippen LogP contribution in [0, 0.1) is 0 Å². The van der Waals surface area contributed by atoms with E-state index in [-0.39, 0.29) is 31.1 Å². The first kappa shape index (κ1) is 75.9. The van der Waals surface area contributed by atoms with Gasteiger partial charge in [-0.1, -0.05) is 334 Å². The lowest BCUT2D eigenvalue weighted by Gasteiger charge is -2.18. The smallest absolute Gasteiger partial charge is 0.306 e. The topological polar surface area (TPSA) is 78.9 Å². The Balaban J connectivity index is 4.08. The van der Waals surface area contributed by atoms with Crippen LogP contribution in [0.15, 0.2) is 24.3 Å². The van der Waals surface area contributed by atoms with Crippen molar-refractivity contribution in [2.45, 2.75) is 406 Å². The van der Waals surface area contributed by atoms with E-state index in [0.29, 0.717) is 19.3 Å². The SMILES string of the molecule is CCCCCCC/C=C\CCCCCCCC(=O)OCC(COC(=O)CCCCCCCCCCCCCCCCCCCCCCCCCCCCCCCCCC)OC(=O)CCCCCCC/C=C\CCCCCCC.